The second-order valence-electron chi connectivity index (χ2n) is 4.49. The smallest absolute Gasteiger partial charge is 0.339 e. The van der Waals surface area contributed by atoms with Gasteiger partial charge < -0.3 is 9.64 Å². The summed E-state index contributed by atoms with van der Waals surface area (Å²) in [6.07, 6.45) is 0.440. The van der Waals surface area contributed by atoms with Gasteiger partial charge in [0.2, 0.25) is 0 Å². The molecule has 0 bridgehead atoms. The molecule has 0 spiro atoms. The van der Waals surface area contributed by atoms with Crippen molar-refractivity contribution in [3.8, 4) is 0 Å². The number of hydrogen-bond donors (Lipinski definition) is 0. The van der Waals surface area contributed by atoms with Crippen LogP contribution in [0.3, 0.4) is 0 Å². The van der Waals surface area contributed by atoms with E-state index in [1.165, 1.54) is 0 Å². The molecule has 0 amide bonds. The van der Waals surface area contributed by atoms with Crippen molar-refractivity contribution < 1.29 is 14.3 Å². The third kappa shape index (κ3) is 5.89. The van der Waals surface area contributed by atoms with Crippen LogP contribution in [0.1, 0.15) is 37.6 Å². The van der Waals surface area contributed by atoms with Gasteiger partial charge in [0.25, 0.3) is 0 Å². The molecular formula is C16H23NO3S. The molecule has 0 fully saturated rings. The highest BCUT2D eigenvalue weighted by Gasteiger charge is 2.15. The molecule has 116 valence electrons. The van der Waals surface area contributed by atoms with Crippen LogP contribution in [0.2, 0.25) is 0 Å². The Balaban J connectivity index is 2.63. The van der Waals surface area contributed by atoms with Gasteiger partial charge >= 0.3 is 5.97 Å². The Kier molecular flexibility index (Phi) is 8.08. The van der Waals surface area contributed by atoms with Crippen LogP contribution in [0.15, 0.2) is 29.2 Å². The zero-order chi connectivity index (χ0) is 15.7. The van der Waals surface area contributed by atoms with Gasteiger partial charge in [-0.2, -0.15) is 0 Å². The van der Waals surface area contributed by atoms with Crippen LogP contribution in [0.4, 0.5) is 0 Å². The summed E-state index contributed by atoms with van der Waals surface area (Å²) in [6, 6.07) is 7.07. The maximum absolute atomic E-state index is 12.1. The molecule has 0 saturated carbocycles. The Labute approximate surface area is 130 Å². The van der Waals surface area contributed by atoms with Crippen LogP contribution in [0.25, 0.3) is 0 Å². The maximum atomic E-state index is 12.1. The molecule has 0 heterocycles. The largest absolute Gasteiger partial charge is 0.461 e. The standard InChI is InChI=1S/C16H23NO3S/c1-4-15(18)21-14-10-8-7-9-13(14)16(19)20-12-11-17(5-2)6-3/h7-10H,4-6,11-12H2,1-3H3. The molecule has 1 aromatic carbocycles. The SMILES string of the molecule is CCC(=O)Sc1ccccc1C(=O)OCCN(CC)CC. The van der Waals surface area contributed by atoms with Gasteiger partial charge in [-0.3, -0.25) is 4.79 Å². The van der Waals surface area contributed by atoms with Gasteiger partial charge in [0.05, 0.1) is 5.56 Å². The summed E-state index contributed by atoms with van der Waals surface area (Å²) in [5, 5.41) is 0.0402. The van der Waals surface area contributed by atoms with Crippen molar-refractivity contribution in [1.82, 2.24) is 4.90 Å². The predicted octanol–water partition coefficient (Wildman–Crippen LogP) is 3.21. The van der Waals surface area contributed by atoms with Crippen LogP contribution in [0, 0.1) is 0 Å². The highest BCUT2D eigenvalue weighted by molar-refractivity contribution is 8.13. The monoisotopic (exact) mass is 309 g/mol. The van der Waals surface area contributed by atoms with E-state index in [0.29, 0.717) is 23.5 Å². The lowest BCUT2D eigenvalue weighted by Crippen LogP contribution is -2.28. The normalized spacial score (nSPS) is 10.7. The molecule has 0 unspecified atom stereocenters. The van der Waals surface area contributed by atoms with E-state index >= 15 is 0 Å². The number of ether oxygens (including phenoxy) is 1. The number of carbonyl (C=O) groups is 2. The molecule has 4 nitrogen and oxygen atoms in total. The van der Waals surface area contributed by atoms with Crippen LogP contribution < -0.4 is 0 Å². The van der Waals surface area contributed by atoms with E-state index in [1.54, 1.807) is 25.1 Å². The summed E-state index contributed by atoms with van der Waals surface area (Å²) in [5.74, 6) is -0.367. The number of thioether (sulfide) groups is 1. The van der Waals surface area contributed by atoms with E-state index < -0.39 is 0 Å². The lowest BCUT2D eigenvalue weighted by Gasteiger charge is -2.17. The molecule has 0 aromatic heterocycles. The second kappa shape index (κ2) is 9.58. The van der Waals surface area contributed by atoms with Gasteiger partial charge in [-0.25, -0.2) is 4.79 Å². The van der Waals surface area contributed by atoms with E-state index in [9.17, 15) is 9.59 Å². The number of benzene rings is 1. The molecule has 21 heavy (non-hydrogen) atoms. The minimum atomic E-state index is -0.367. The van der Waals surface area contributed by atoms with Gasteiger partial charge in [0.1, 0.15) is 6.61 Å². The van der Waals surface area contributed by atoms with E-state index in [0.717, 1.165) is 31.4 Å². The Bertz CT molecular complexity index is 472. The number of carbonyl (C=O) groups excluding carboxylic acids is 2. The zero-order valence-electron chi connectivity index (χ0n) is 12.9. The first-order valence-corrected chi connectivity index (χ1v) is 8.13. The Hall–Kier alpha value is -1.33. The highest BCUT2D eigenvalue weighted by atomic mass is 32.2. The summed E-state index contributed by atoms with van der Waals surface area (Å²) in [5.41, 5.74) is 0.462. The Morgan fingerprint density at radius 2 is 1.81 bits per heavy atom. The fraction of sp³-hybridized carbons (Fsp3) is 0.500. The topological polar surface area (TPSA) is 46.6 Å². The predicted molar refractivity (Wildman–Crippen MR) is 85.7 cm³/mol. The third-order valence-electron chi connectivity index (χ3n) is 3.15. The molecule has 1 aromatic rings. The molecule has 5 heteroatoms. The average Bonchev–Trinajstić information content (AvgIpc) is 2.51. The van der Waals surface area contributed by atoms with Gasteiger partial charge in [-0.15, -0.1) is 0 Å². The van der Waals surface area contributed by atoms with Crippen LogP contribution >= 0.6 is 11.8 Å². The first-order chi connectivity index (χ1) is 10.1. The summed E-state index contributed by atoms with van der Waals surface area (Å²) < 4.78 is 5.31. The lowest BCUT2D eigenvalue weighted by molar-refractivity contribution is -0.110. The highest BCUT2D eigenvalue weighted by Crippen LogP contribution is 2.24. The fourth-order valence-electron chi connectivity index (χ4n) is 1.80. The lowest BCUT2D eigenvalue weighted by atomic mass is 10.2. The third-order valence-corrected chi connectivity index (χ3v) is 4.25. The minimum Gasteiger partial charge on any atom is -0.461 e. The summed E-state index contributed by atoms with van der Waals surface area (Å²) in [4.78, 5) is 26.5. The number of esters is 1. The second-order valence-corrected chi connectivity index (χ2v) is 5.59. The zero-order valence-corrected chi connectivity index (χ0v) is 13.7. The number of nitrogens with zero attached hydrogens (tertiary/aromatic N) is 1. The minimum absolute atomic E-state index is 0.0402. The van der Waals surface area contributed by atoms with E-state index in [-0.39, 0.29) is 11.1 Å². The van der Waals surface area contributed by atoms with Gasteiger partial charge in [0, 0.05) is 17.9 Å². The van der Waals surface area contributed by atoms with Gasteiger partial charge in [0.15, 0.2) is 5.12 Å². The molecule has 0 atom stereocenters. The maximum Gasteiger partial charge on any atom is 0.339 e. The Morgan fingerprint density at radius 3 is 2.43 bits per heavy atom. The van der Waals surface area contributed by atoms with E-state index in [1.807, 2.05) is 6.07 Å². The molecule has 0 aliphatic carbocycles. The Morgan fingerprint density at radius 1 is 1.14 bits per heavy atom. The quantitative estimate of drug-likeness (QED) is 0.545. The summed E-state index contributed by atoms with van der Waals surface area (Å²) in [6.45, 7) is 8.92. The van der Waals surface area contributed by atoms with E-state index in [2.05, 4.69) is 18.7 Å². The fourth-order valence-corrected chi connectivity index (χ4v) is 2.60. The molecule has 0 N–H and O–H groups in total. The summed E-state index contributed by atoms with van der Waals surface area (Å²) in [7, 11) is 0. The van der Waals surface area contributed by atoms with Crippen LogP contribution in [0.5, 0.6) is 0 Å². The average molecular weight is 309 g/mol. The van der Waals surface area contributed by atoms with Crippen molar-refractivity contribution in [3.05, 3.63) is 29.8 Å². The van der Waals surface area contributed by atoms with Crippen molar-refractivity contribution in [2.75, 3.05) is 26.2 Å². The van der Waals surface area contributed by atoms with Crippen molar-refractivity contribution in [2.24, 2.45) is 0 Å². The van der Waals surface area contributed by atoms with Gasteiger partial charge in [-0.05, 0) is 25.2 Å². The molecular weight excluding hydrogens is 286 g/mol. The number of likely N-dealkylation sites (N-methyl/N-ethyl adjacent to an activating group) is 1. The molecule has 0 radical (unpaired) electrons. The van der Waals surface area contributed by atoms with Crippen molar-refractivity contribution >= 4 is 22.8 Å². The molecule has 0 aliphatic rings. The number of rotatable bonds is 8. The molecule has 0 aliphatic heterocycles. The van der Waals surface area contributed by atoms with Crippen molar-refractivity contribution in [2.45, 2.75) is 32.1 Å². The van der Waals surface area contributed by atoms with Crippen LogP contribution in [-0.2, 0) is 9.53 Å². The molecule has 1 rings (SSSR count). The van der Waals surface area contributed by atoms with Crippen LogP contribution in [-0.4, -0.2) is 42.2 Å². The van der Waals surface area contributed by atoms with Crippen molar-refractivity contribution in [1.29, 1.82) is 0 Å². The van der Waals surface area contributed by atoms with Crippen molar-refractivity contribution in [3.63, 3.8) is 0 Å². The first kappa shape index (κ1) is 17.7. The molecule has 0 saturated heterocycles. The van der Waals surface area contributed by atoms with E-state index in [4.69, 9.17) is 4.74 Å². The number of hydrogen-bond acceptors (Lipinski definition) is 5. The first-order valence-electron chi connectivity index (χ1n) is 7.31. The summed E-state index contributed by atoms with van der Waals surface area (Å²) >= 11 is 1.10. The van der Waals surface area contributed by atoms with Gasteiger partial charge in [-0.1, -0.05) is 44.7 Å².